The Bertz CT molecular complexity index is 574. The van der Waals surface area contributed by atoms with Crippen molar-refractivity contribution in [3.8, 4) is 5.82 Å². The Labute approximate surface area is 91.4 Å². The van der Waals surface area contributed by atoms with Gasteiger partial charge in [0.05, 0.1) is 5.56 Å². The number of nitrogens with zero attached hydrogens (tertiary/aromatic N) is 3. The molecule has 16 heavy (non-hydrogen) atoms. The maximum atomic E-state index is 11.0. The average Bonchev–Trinajstić information content (AvgIpc) is 2.73. The molecule has 1 aliphatic rings. The Balaban J connectivity index is 2.23. The molecule has 0 unspecified atom stereocenters. The maximum Gasteiger partial charge on any atom is 0.337 e. The van der Waals surface area contributed by atoms with Crippen LogP contribution in [0.15, 0.2) is 24.8 Å². The SMILES string of the molecule is O=C(O)c1ccn2c1CCc1cncnc1-2. The standard InChI is InChI=1S/C11H9N3O2/c15-11(16)8-3-4-14-9(8)2-1-7-5-12-6-13-10(7)14/h3-6H,1-2H2,(H,15,16). The van der Waals surface area contributed by atoms with Crippen molar-refractivity contribution in [2.45, 2.75) is 12.8 Å². The van der Waals surface area contributed by atoms with Gasteiger partial charge < -0.3 is 9.67 Å². The van der Waals surface area contributed by atoms with Gasteiger partial charge in [-0.15, -0.1) is 0 Å². The first-order valence-corrected chi connectivity index (χ1v) is 5.00. The van der Waals surface area contributed by atoms with Crippen molar-refractivity contribution in [2.24, 2.45) is 0 Å². The molecule has 3 heterocycles. The molecule has 80 valence electrons. The maximum absolute atomic E-state index is 11.0. The minimum Gasteiger partial charge on any atom is -0.478 e. The normalized spacial score (nSPS) is 13.0. The fourth-order valence-electron chi connectivity index (χ4n) is 2.11. The third-order valence-corrected chi connectivity index (χ3v) is 2.85. The molecule has 1 aliphatic heterocycles. The lowest BCUT2D eigenvalue weighted by atomic mass is 10.0. The van der Waals surface area contributed by atoms with E-state index in [9.17, 15) is 4.79 Å². The molecule has 0 fully saturated rings. The van der Waals surface area contributed by atoms with Gasteiger partial charge >= 0.3 is 5.97 Å². The fourth-order valence-corrected chi connectivity index (χ4v) is 2.11. The molecule has 0 saturated heterocycles. The molecule has 0 aromatic carbocycles. The number of hydrogen-bond acceptors (Lipinski definition) is 3. The number of carboxylic acids is 1. The third-order valence-electron chi connectivity index (χ3n) is 2.85. The molecule has 0 spiro atoms. The Morgan fingerprint density at radius 3 is 3.12 bits per heavy atom. The molecule has 0 bridgehead atoms. The molecule has 0 amide bonds. The van der Waals surface area contributed by atoms with Gasteiger partial charge in [0.25, 0.3) is 0 Å². The van der Waals surface area contributed by atoms with E-state index in [1.807, 2.05) is 4.57 Å². The summed E-state index contributed by atoms with van der Waals surface area (Å²) in [7, 11) is 0. The van der Waals surface area contributed by atoms with E-state index in [2.05, 4.69) is 9.97 Å². The highest BCUT2D eigenvalue weighted by molar-refractivity contribution is 5.89. The summed E-state index contributed by atoms with van der Waals surface area (Å²) in [5, 5.41) is 9.03. The van der Waals surface area contributed by atoms with Crippen LogP contribution in [0.3, 0.4) is 0 Å². The van der Waals surface area contributed by atoms with E-state index < -0.39 is 5.97 Å². The van der Waals surface area contributed by atoms with Crippen LogP contribution in [0.1, 0.15) is 21.6 Å². The summed E-state index contributed by atoms with van der Waals surface area (Å²) < 4.78 is 1.84. The first-order chi connectivity index (χ1) is 7.77. The van der Waals surface area contributed by atoms with E-state index in [4.69, 9.17) is 5.11 Å². The first kappa shape index (κ1) is 9.08. The van der Waals surface area contributed by atoms with E-state index in [1.54, 1.807) is 18.5 Å². The summed E-state index contributed by atoms with van der Waals surface area (Å²) in [5.74, 6) is -0.0880. The van der Waals surface area contributed by atoms with Gasteiger partial charge in [0.2, 0.25) is 0 Å². The van der Waals surface area contributed by atoms with Crippen molar-refractivity contribution in [1.29, 1.82) is 0 Å². The number of carboxylic acid groups (broad SMARTS) is 1. The minimum atomic E-state index is -0.883. The van der Waals surface area contributed by atoms with E-state index in [-0.39, 0.29) is 0 Å². The van der Waals surface area contributed by atoms with E-state index in [1.165, 1.54) is 6.33 Å². The van der Waals surface area contributed by atoms with E-state index in [0.717, 1.165) is 29.9 Å². The molecule has 0 saturated carbocycles. The predicted octanol–water partition coefficient (Wildman–Crippen LogP) is 1.06. The fraction of sp³-hybridized carbons (Fsp3) is 0.182. The number of rotatable bonds is 1. The van der Waals surface area contributed by atoms with Crippen LogP contribution in [-0.2, 0) is 12.8 Å². The molecule has 0 atom stereocenters. The van der Waals surface area contributed by atoms with Gasteiger partial charge in [-0.3, -0.25) is 0 Å². The van der Waals surface area contributed by atoms with Crippen molar-refractivity contribution in [3.05, 3.63) is 41.6 Å². The molecule has 0 aliphatic carbocycles. The second-order valence-electron chi connectivity index (χ2n) is 3.72. The quantitative estimate of drug-likeness (QED) is 0.772. The van der Waals surface area contributed by atoms with Crippen LogP contribution in [0, 0.1) is 0 Å². The van der Waals surface area contributed by atoms with Gasteiger partial charge in [0.15, 0.2) is 0 Å². The van der Waals surface area contributed by atoms with Crippen molar-refractivity contribution in [3.63, 3.8) is 0 Å². The smallest absolute Gasteiger partial charge is 0.337 e. The third kappa shape index (κ3) is 1.14. The van der Waals surface area contributed by atoms with Crippen LogP contribution in [0.5, 0.6) is 0 Å². The van der Waals surface area contributed by atoms with Gasteiger partial charge in [-0.2, -0.15) is 0 Å². The molecule has 2 aromatic heterocycles. The van der Waals surface area contributed by atoms with Gasteiger partial charge in [-0.05, 0) is 18.9 Å². The summed E-state index contributed by atoms with van der Waals surface area (Å²) in [6.45, 7) is 0. The number of aromatic carboxylic acids is 1. The molecule has 5 nitrogen and oxygen atoms in total. The predicted molar refractivity (Wildman–Crippen MR) is 55.7 cm³/mol. The summed E-state index contributed by atoms with van der Waals surface area (Å²) in [5.41, 5.74) is 2.24. The second-order valence-corrected chi connectivity index (χ2v) is 3.72. The lowest BCUT2D eigenvalue weighted by Crippen LogP contribution is -2.15. The van der Waals surface area contributed by atoms with Crippen LogP contribution in [0.25, 0.3) is 5.82 Å². The molecule has 3 rings (SSSR count). The molecule has 1 N–H and O–H groups in total. The van der Waals surface area contributed by atoms with Crippen molar-refractivity contribution < 1.29 is 9.90 Å². The lowest BCUT2D eigenvalue weighted by molar-refractivity contribution is 0.0695. The van der Waals surface area contributed by atoms with Crippen LogP contribution in [-0.4, -0.2) is 25.6 Å². The topological polar surface area (TPSA) is 68.0 Å². The Morgan fingerprint density at radius 1 is 1.44 bits per heavy atom. The first-order valence-electron chi connectivity index (χ1n) is 5.00. The summed E-state index contributed by atoms with van der Waals surface area (Å²) >= 11 is 0. The lowest BCUT2D eigenvalue weighted by Gasteiger charge is -2.17. The van der Waals surface area contributed by atoms with Crippen LogP contribution in [0.2, 0.25) is 0 Å². The van der Waals surface area contributed by atoms with Gasteiger partial charge in [-0.1, -0.05) is 0 Å². The summed E-state index contributed by atoms with van der Waals surface area (Å²) in [6, 6.07) is 1.62. The van der Waals surface area contributed by atoms with Crippen LogP contribution in [0.4, 0.5) is 0 Å². The summed E-state index contributed by atoms with van der Waals surface area (Å²) in [6.07, 6.45) is 6.53. The molecule has 0 radical (unpaired) electrons. The molecule has 5 heteroatoms. The van der Waals surface area contributed by atoms with Gasteiger partial charge in [0, 0.05) is 23.7 Å². The Morgan fingerprint density at radius 2 is 2.31 bits per heavy atom. The number of fused-ring (bicyclic) bond motifs is 3. The Hall–Kier alpha value is -2.17. The average molecular weight is 215 g/mol. The number of hydrogen-bond donors (Lipinski definition) is 1. The minimum absolute atomic E-state index is 0.365. The zero-order valence-corrected chi connectivity index (χ0v) is 8.42. The van der Waals surface area contributed by atoms with Crippen LogP contribution < -0.4 is 0 Å². The zero-order chi connectivity index (χ0) is 11.1. The largest absolute Gasteiger partial charge is 0.478 e. The zero-order valence-electron chi connectivity index (χ0n) is 8.42. The molecule has 2 aromatic rings. The van der Waals surface area contributed by atoms with Crippen LogP contribution >= 0.6 is 0 Å². The molecular weight excluding hydrogens is 206 g/mol. The number of carbonyl (C=O) groups is 1. The number of aromatic nitrogens is 3. The van der Waals surface area contributed by atoms with E-state index >= 15 is 0 Å². The van der Waals surface area contributed by atoms with Crippen molar-refractivity contribution in [2.75, 3.05) is 0 Å². The van der Waals surface area contributed by atoms with Gasteiger partial charge in [0.1, 0.15) is 12.1 Å². The molecular formula is C11H9N3O2. The Kier molecular flexibility index (Phi) is 1.80. The number of aryl methyl sites for hydroxylation is 1. The van der Waals surface area contributed by atoms with Crippen molar-refractivity contribution >= 4 is 5.97 Å². The highest BCUT2D eigenvalue weighted by Gasteiger charge is 2.22. The monoisotopic (exact) mass is 215 g/mol. The van der Waals surface area contributed by atoms with Gasteiger partial charge in [-0.25, -0.2) is 14.8 Å². The highest BCUT2D eigenvalue weighted by Crippen LogP contribution is 2.25. The highest BCUT2D eigenvalue weighted by atomic mass is 16.4. The summed E-state index contributed by atoms with van der Waals surface area (Å²) in [4.78, 5) is 19.2. The van der Waals surface area contributed by atoms with Crippen molar-refractivity contribution in [1.82, 2.24) is 14.5 Å². The van der Waals surface area contributed by atoms with E-state index in [0.29, 0.717) is 5.56 Å². The second kappa shape index (κ2) is 3.16.